The van der Waals surface area contributed by atoms with Gasteiger partial charge in [-0.25, -0.2) is 0 Å². The van der Waals surface area contributed by atoms with Crippen molar-refractivity contribution in [3.63, 3.8) is 0 Å². The Morgan fingerprint density at radius 1 is 0.500 bits per heavy atom. The zero-order valence-corrected chi connectivity index (χ0v) is 17.1. The highest BCUT2D eigenvalue weighted by molar-refractivity contribution is 7.98. The molecule has 0 aliphatic heterocycles. The second-order valence-corrected chi connectivity index (χ2v) is 10.3. The Hall–Kier alpha value is -2.66. The second kappa shape index (κ2) is 8.57. The maximum absolute atomic E-state index is 6.07. The van der Waals surface area contributed by atoms with Crippen molar-refractivity contribution < 1.29 is 0 Å². The lowest BCUT2D eigenvalue weighted by atomic mass is 10.2. The topological polar surface area (TPSA) is 0 Å². The zero-order valence-electron chi connectivity index (χ0n) is 15.4. The third kappa shape index (κ3) is 3.80. The molecule has 0 aliphatic rings. The molecular formula is C26H21ClP+. The molecule has 0 fully saturated rings. The van der Waals surface area contributed by atoms with Gasteiger partial charge < -0.3 is 0 Å². The van der Waals surface area contributed by atoms with Crippen LogP contribution in [0.5, 0.6) is 0 Å². The zero-order chi connectivity index (χ0) is 19.2. The summed E-state index contributed by atoms with van der Waals surface area (Å²) in [6.45, 7) is 0. The Morgan fingerprint density at radius 3 is 1.29 bits per heavy atom. The third-order valence-corrected chi connectivity index (χ3v) is 9.04. The van der Waals surface area contributed by atoms with Crippen molar-refractivity contribution >= 4 is 40.9 Å². The summed E-state index contributed by atoms with van der Waals surface area (Å²) >= 11 is 6.07. The molecule has 136 valence electrons. The van der Waals surface area contributed by atoms with Gasteiger partial charge >= 0.3 is 0 Å². The second-order valence-electron chi connectivity index (χ2n) is 6.60. The standard InChI is InChI=1S/C26H21ClP/c27-23-18-16-22(17-19-23)20-21-28(24-10-4-1-5-11-24,25-12-6-2-7-13-25)26-14-8-3-9-15-26/h1-21H/q+1/b21-20+. The van der Waals surface area contributed by atoms with E-state index >= 15 is 0 Å². The first-order valence-corrected chi connectivity index (χ1v) is 11.5. The molecule has 0 aromatic heterocycles. The Balaban J connectivity index is 1.97. The fourth-order valence-corrected chi connectivity index (χ4v) is 7.33. The van der Waals surface area contributed by atoms with Crippen LogP contribution in [0.2, 0.25) is 5.02 Å². The van der Waals surface area contributed by atoms with E-state index in [1.54, 1.807) is 0 Å². The molecule has 0 nitrogen and oxygen atoms in total. The van der Waals surface area contributed by atoms with Gasteiger partial charge in [0.25, 0.3) is 0 Å². The Bertz CT molecular complexity index is 943. The smallest absolute Gasteiger partial charge is 0.0843 e. The summed E-state index contributed by atoms with van der Waals surface area (Å²) in [7, 11) is -1.94. The van der Waals surface area contributed by atoms with Gasteiger partial charge in [-0.2, -0.15) is 0 Å². The monoisotopic (exact) mass is 399 g/mol. The molecule has 28 heavy (non-hydrogen) atoms. The first kappa shape index (κ1) is 18.7. The first-order chi connectivity index (χ1) is 13.8. The summed E-state index contributed by atoms with van der Waals surface area (Å²) in [5.74, 6) is 2.41. The highest BCUT2D eigenvalue weighted by Crippen LogP contribution is 2.57. The van der Waals surface area contributed by atoms with Crippen molar-refractivity contribution in [2.24, 2.45) is 0 Å². The molecule has 0 aliphatic carbocycles. The predicted octanol–water partition coefficient (Wildman–Crippen LogP) is 6.30. The molecule has 2 heteroatoms. The average Bonchev–Trinajstić information content (AvgIpc) is 2.78. The van der Waals surface area contributed by atoms with Crippen LogP contribution in [-0.2, 0) is 0 Å². The van der Waals surface area contributed by atoms with Crippen molar-refractivity contribution in [3.8, 4) is 0 Å². The molecule has 0 heterocycles. The van der Waals surface area contributed by atoms with Crippen LogP contribution in [0.25, 0.3) is 6.08 Å². The van der Waals surface area contributed by atoms with E-state index in [4.69, 9.17) is 11.6 Å². The normalized spacial score (nSPS) is 11.6. The number of benzene rings is 4. The molecule has 0 spiro atoms. The summed E-state index contributed by atoms with van der Waals surface area (Å²) in [6, 6.07) is 40.5. The van der Waals surface area contributed by atoms with Crippen LogP contribution in [0.15, 0.2) is 121 Å². The van der Waals surface area contributed by atoms with E-state index in [0.29, 0.717) is 0 Å². The van der Waals surface area contributed by atoms with Gasteiger partial charge in [0, 0.05) is 5.02 Å². The molecule has 0 atom stereocenters. The van der Waals surface area contributed by atoms with E-state index in [9.17, 15) is 0 Å². The van der Waals surface area contributed by atoms with Gasteiger partial charge in [-0.1, -0.05) is 78.3 Å². The molecule has 0 unspecified atom stereocenters. The van der Waals surface area contributed by atoms with E-state index in [1.807, 2.05) is 12.1 Å². The van der Waals surface area contributed by atoms with E-state index in [2.05, 4.69) is 115 Å². The van der Waals surface area contributed by atoms with Crippen LogP contribution in [0.1, 0.15) is 5.56 Å². The summed E-state index contributed by atoms with van der Waals surface area (Å²) < 4.78 is 0. The van der Waals surface area contributed by atoms with Gasteiger partial charge in [0.05, 0.1) is 5.82 Å². The summed E-state index contributed by atoms with van der Waals surface area (Å²) in [5.41, 5.74) is 1.15. The van der Waals surface area contributed by atoms with E-state index in [-0.39, 0.29) is 0 Å². The predicted molar refractivity (Wildman–Crippen MR) is 126 cm³/mol. The molecule has 0 bridgehead atoms. The maximum atomic E-state index is 6.07. The molecule has 4 aromatic carbocycles. The summed E-state index contributed by atoms with van der Waals surface area (Å²) in [5, 5.41) is 4.79. The molecule has 0 radical (unpaired) electrons. The largest absolute Gasteiger partial charge is 0.136 e. The van der Waals surface area contributed by atoms with Gasteiger partial charge in [-0.3, -0.25) is 0 Å². The lowest BCUT2D eigenvalue weighted by molar-refractivity contribution is 1.66. The minimum absolute atomic E-state index is 0.757. The van der Waals surface area contributed by atoms with Crippen LogP contribution >= 0.6 is 18.9 Å². The fourth-order valence-electron chi connectivity index (χ4n) is 3.47. The molecule has 4 rings (SSSR count). The lowest BCUT2D eigenvalue weighted by Crippen LogP contribution is -2.29. The third-order valence-electron chi connectivity index (χ3n) is 4.85. The quantitative estimate of drug-likeness (QED) is 0.345. The first-order valence-electron chi connectivity index (χ1n) is 9.29. The number of hydrogen-bond donors (Lipinski definition) is 0. The van der Waals surface area contributed by atoms with Crippen molar-refractivity contribution in [2.45, 2.75) is 0 Å². The Labute approximate surface area is 172 Å². The molecule has 4 aromatic rings. The van der Waals surface area contributed by atoms with Crippen LogP contribution in [-0.4, -0.2) is 0 Å². The van der Waals surface area contributed by atoms with Gasteiger partial charge in [-0.15, -0.1) is 0 Å². The van der Waals surface area contributed by atoms with Crippen molar-refractivity contribution in [1.82, 2.24) is 0 Å². The number of halogens is 1. The molecule has 0 amide bonds. The molecule has 0 N–H and O–H groups in total. The maximum Gasteiger partial charge on any atom is 0.136 e. The fraction of sp³-hybridized carbons (Fsp3) is 0. The molecular weight excluding hydrogens is 379 g/mol. The minimum Gasteiger partial charge on any atom is -0.0843 e. The Kier molecular flexibility index (Phi) is 5.72. The lowest BCUT2D eigenvalue weighted by Gasteiger charge is -2.24. The summed E-state index contributed by atoms with van der Waals surface area (Å²) in [4.78, 5) is 0. The molecule has 0 saturated carbocycles. The van der Waals surface area contributed by atoms with E-state index in [0.717, 1.165) is 10.6 Å². The Morgan fingerprint density at radius 2 is 0.893 bits per heavy atom. The number of hydrogen-bond acceptors (Lipinski definition) is 0. The van der Waals surface area contributed by atoms with Gasteiger partial charge in [0.15, 0.2) is 0 Å². The number of rotatable bonds is 5. The van der Waals surface area contributed by atoms with Crippen molar-refractivity contribution in [2.75, 3.05) is 0 Å². The van der Waals surface area contributed by atoms with Gasteiger partial charge in [0.1, 0.15) is 23.2 Å². The highest BCUT2D eigenvalue weighted by Gasteiger charge is 2.43. The van der Waals surface area contributed by atoms with E-state index in [1.165, 1.54) is 15.9 Å². The van der Waals surface area contributed by atoms with Crippen LogP contribution in [0.3, 0.4) is 0 Å². The van der Waals surface area contributed by atoms with Gasteiger partial charge in [0.2, 0.25) is 0 Å². The van der Waals surface area contributed by atoms with Crippen LogP contribution in [0.4, 0.5) is 0 Å². The summed E-state index contributed by atoms with van der Waals surface area (Å²) in [6.07, 6.45) is 2.23. The molecule has 0 saturated heterocycles. The van der Waals surface area contributed by atoms with Crippen LogP contribution < -0.4 is 15.9 Å². The van der Waals surface area contributed by atoms with Crippen LogP contribution in [0, 0.1) is 0 Å². The van der Waals surface area contributed by atoms with Crippen molar-refractivity contribution in [1.29, 1.82) is 0 Å². The van der Waals surface area contributed by atoms with Crippen molar-refractivity contribution in [3.05, 3.63) is 132 Å². The van der Waals surface area contributed by atoms with Gasteiger partial charge in [-0.05, 0) is 60.2 Å². The average molecular weight is 400 g/mol. The van der Waals surface area contributed by atoms with E-state index < -0.39 is 7.26 Å². The highest BCUT2D eigenvalue weighted by atomic mass is 35.5. The SMILES string of the molecule is Clc1ccc(/C=C/[P+](c2ccccc2)(c2ccccc2)c2ccccc2)cc1. The minimum atomic E-state index is -1.94.